The Balaban J connectivity index is 1.68. The van der Waals surface area contributed by atoms with Gasteiger partial charge in [0.25, 0.3) is 11.5 Å². The average Bonchev–Trinajstić information content (AvgIpc) is 2.66. The topological polar surface area (TPSA) is 73.2 Å². The second-order valence-electron chi connectivity index (χ2n) is 5.38. The molecule has 26 heavy (non-hydrogen) atoms. The number of hydrogen-bond acceptors (Lipinski definition) is 4. The van der Waals surface area contributed by atoms with Crippen molar-refractivity contribution in [1.82, 2.24) is 9.78 Å². The van der Waals surface area contributed by atoms with Gasteiger partial charge in [0.1, 0.15) is 18.1 Å². The molecule has 1 N–H and O–H groups in total. The molecule has 1 amide bonds. The van der Waals surface area contributed by atoms with Crippen LogP contribution in [0.3, 0.4) is 0 Å². The van der Waals surface area contributed by atoms with E-state index in [1.807, 2.05) is 30.3 Å². The molecule has 0 saturated carbocycles. The van der Waals surface area contributed by atoms with Crippen molar-refractivity contribution in [2.45, 2.75) is 6.54 Å². The molecule has 2 aromatic carbocycles. The molecule has 1 aromatic heterocycles. The minimum atomic E-state index is -0.448. The zero-order valence-electron chi connectivity index (χ0n) is 13.8. The van der Waals surface area contributed by atoms with Crippen molar-refractivity contribution >= 4 is 23.2 Å². The number of nitrogens with zero attached hydrogens (tertiary/aromatic N) is 2. The number of halogens is 1. The highest BCUT2D eigenvalue weighted by atomic mass is 35.5. The number of carbonyl (C=O) groups excluding carboxylic acids is 1. The van der Waals surface area contributed by atoms with E-state index in [4.69, 9.17) is 16.3 Å². The average molecular weight is 370 g/mol. The number of hydrogen-bond donors (Lipinski definition) is 1. The highest BCUT2D eigenvalue weighted by molar-refractivity contribution is 6.33. The molecule has 6 nitrogen and oxygen atoms in total. The molecule has 0 radical (unpaired) electrons. The van der Waals surface area contributed by atoms with Gasteiger partial charge in [-0.2, -0.15) is 5.10 Å². The van der Waals surface area contributed by atoms with Gasteiger partial charge in [0, 0.05) is 6.07 Å². The third-order valence-corrected chi connectivity index (χ3v) is 3.87. The number of anilines is 1. The Labute approximate surface area is 155 Å². The van der Waals surface area contributed by atoms with Gasteiger partial charge in [-0.05, 0) is 30.3 Å². The first-order valence-corrected chi connectivity index (χ1v) is 8.33. The van der Waals surface area contributed by atoms with Gasteiger partial charge in [-0.25, -0.2) is 4.68 Å². The molecule has 0 saturated heterocycles. The summed E-state index contributed by atoms with van der Waals surface area (Å²) in [7, 11) is 0. The third kappa shape index (κ3) is 4.49. The summed E-state index contributed by atoms with van der Waals surface area (Å²) in [6.45, 7) is 0.480. The van der Waals surface area contributed by atoms with Crippen LogP contribution in [0.1, 0.15) is 10.5 Å². The standard InChI is InChI=1S/C19H16ClN3O3/c20-15-8-4-5-9-16(15)21-19(25)17-10-11-18(24)23(22-17)12-13-26-14-6-2-1-3-7-14/h1-11H,12-13H2,(H,21,25). The predicted molar refractivity (Wildman–Crippen MR) is 99.8 cm³/mol. The Kier molecular flexibility index (Phi) is 5.66. The number of benzene rings is 2. The Morgan fingerprint density at radius 3 is 2.54 bits per heavy atom. The van der Waals surface area contributed by atoms with E-state index in [1.54, 1.807) is 24.3 Å². The quantitative estimate of drug-likeness (QED) is 0.724. The molecule has 0 spiro atoms. The van der Waals surface area contributed by atoms with Crippen LogP contribution < -0.4 is 15.6 Å². The minimum Gasteiger partial charge on any atom is -0.492 e. The van der Waals surface area contributed by atoms with Crippen molar-refractivity contribution < 1.29 is 9.53 Å². The van der Waals surface area contributed by atoms with Gasteiger partial charge in [0.2, 0.25) is 0 Å². The van der Waals surface area contributed by atoms with Crippen LogP contribution in [0.5, 0.6) is 5.75 Å². The van der Waals surface area contributed by atoms with Crippen LogP contribution in [-0.4, -0.2) is 22.3 Å². The summed E-state index contributed by atoms with van der Waals surface area (Å²) >= 11 is 6.03. The van der Waals surface area contributed by atoms with Gasteiger partial charge < -0.3 is 10.1 Å². The molecule has 7 heteroatoms. The van der Waals surface area contributed by atoms with Crippen LogP contribution >= 0.6 is 11.6 Å². The van der Waals surface area contributed by atoms with E-state index in [0.717, 1.165) is 0 Å². The van der Waals surface area contributed by atoms with Crippen molar-refractivity contribution in [3.05, 3.63) is 87.8 Å². The first kappa shape index (κ1) is 17.7. The van der Waals surface area contributed by atoms with E-state index < -0.39 is 5.91 Å². The number of ether oxygens (including phenoxy) is 1. The van der Waals surface area contributed by atoms with E-state index in [1.165, 1.54) is 16.8 Å². The van der Waals surface area contributed by atoms with Crippen LogP contribution in [0.2, 0.25) is 5.02 Å². The molecular formula is C19H16ClN3O3. The fraction of sp³-hybridized carbons (Fsp3) is 0.105. The predicted octanol–water partition coefficient (Wildman–Crippen LogP) is 3.23. The summed E-state index contributed by atoms with van der Waals surface area (Å²) in [6.07, 6.45) is 0. The number of nitrogens with one attached hydrogen (secondary N) is 1. The van der Waals surface area contributed by atoms with Crippen LogP contribution in [0, 0.1) is 0 Å². The molecule has 0 bridgehead atoms. The third-order valence-electron chi connectivity index (χ3n) is 3.54. The number of amides is 1. The number of rotatable bonds is 6. The van der Waals surface area contributed by atoms with Crippen LogP contribution in [0.4, 0.5) is 5.69 Å². The van der Waals surface area contributed by atoms with Gasteiger partial charge in [0.05, 0.1) is 17.3 Å². The van der Waals surface area contributed by atoms with E-state index >= 15 is 0 Å². The molecular weight excluding hydrogens is 354 g/mol. The van der Waals surface area contributed by atoms with Gasteiger partial charge in [0.15, 0.2) is 0 Å². The van der Waals surface area contributed by atoms with Crippen molar-refractivity contribution in [1.29, 1.82) is 0 Å². The fourth-order valence-electron chi connectivity index (χ4n) is 2.25. The molecule has 0 unspecified atom stereocenters. The lowest BCUT2D eigenvalue weighted by Crippen LogP contribution is -2.28. The van der Waals surface area contributed by atoms with Gasteiger partial charge >= 0.3 is 0 Å². The van der Waals surface area contributed by atoms with Gasteiger partial charge in [-0.15, -0.1) is 0 Å². The van der Waals surface area contributed by atoms with Crippen LogP contribution in [0.25, 0.3) is 0 Å². The molecule has 0 atom stereocenters. The zero-order valence-corrected chi connectivity index (χ0v) is 14.5. The van der Waals surface area contributed by atoms with Crippen molar-refractivity contribution in [2.75, 3.05) is 11.9 Å². The maximum absolute atomic E-state index is 12.3. The van der Waals surface area contributed by atoms with Crippen LogP contribution in [-0.2, 0) is 6.54 Å². The summed E-state index contributed by atoms with van der Waals surface area (Å²) in [4.78, 5) is 24.3. The molecule has 0 aliphatic carbocycles. The Bertz CT molecular complexity index is 957. The molecule has 132 valence electrons. The Hall–Kier alpha value is -3.12. The van der Waals surface area contributed by atoms with Crippen molar-refractivity contribution in [2.24, 2.45) is 0 Å². The summed E-state index contributed by atoms with van der Waals surface area (Å²) in [6, 6.07) is 18.8. The van der Waals surface area contributed by atoms with E-state index in [2.05, 4.69) is 10.4 Å². The van der Waals surface area contributed by atoms with E-state index in [0.29, 0.717) is 16.5 Å². The van der Waals surface area contributed by atoms with Gasteiger partial charge in [-0.3, -0.25) is 9.59 Å². The van der Waals surface area contributed by atoms with E-state index in [-0.39, 0.29) is 24.4 Å². The number of carbonyl (C=O) groups is 1. The first-order valence-electron chi connectivity index (χ1n) is 7.95. The van der Waals surface area contributed by atoms with E-state index in [9.17, 15) is 9.59 Å². The normalized spacial score (nSPS) is 10.3. The smallest absolute Gasteiger partial charge is 0.276 e. The molecule has 0 aliphatic rings. The Morgan fingerprint density at radius 2 is 1.77 bits per heavy atom. The molecule has 0 aliphatic heterocycles. The lowest BCUT2D eigenvalue weighted by Gasteiger charge is -2.09. The second kappa shape index (κ2) is 8.31. The number of para-hydroxylation sites is 2. The number of aromatic nitrogens is 2. The largest absolute Gasteiger partial charge is 0.492 e. The second-order valence-corrected chi connectivity index (χ2v) is 5.78. The zero-order chi connectivity index (χ0) is 18.4. The summed E-state index contributed by atoms with van der Waals surface area (Å²) in [5.74, 6) is 0.254. The highest BCUT2D eigenvalue weighted by Crippen LogP contribution is 2.20. The van der Waals surface area contributed by atoms with Crippen molar-refractivity contribution in [3.63, 3.8) is 0 Å². The molecule has 3 aromatic rings. The SMILES string of the molecule is O=C(Nc1ccccc1Cl)c1ccc(=O)n(CCOc2ccccc2)n1. The minimum absolute atomic E-state index is 0.115. The highest BCUT2D eigenvalue weighted by Gasteiger charge is 2.11. The molecule has 0 fully saturated rings. The first-order chi connectivity index (χ1) is 12.6. The fourth-order valence-corrected chi connectivity index (χ4v) is 2.43. The maximum Gasteiger partial charge on any atom is 0.276 e. The van der Waals surface area contributed by atoms with Crippen molar-refractivity contribution in [3.8, 4) is 5.75 Å². The molecule has 1 heterocycles. The lowest BCUT2D eigenvalue weighted by atomic mass is 10.3. The van der Waals surface area contributed by atoms with Gasteiger partial charge in [-0.1, -0.05) is 41.9 Å². The van der Waals surface area contributed by atoms with Crippen LogP contribution in [0.15, 0.2) is 71.5 Å². The lowest BCUT2D eigenvalue weighted by molar-refractivity contribution is 0.101. The summed E-state index contributed by atoms with van der Waals surface area (Å²) in [5, 5.41) is 7.20. The monoisotopic (exact) mass is 369 g/mol. The molecule has 3 rings (SSSR count). The Morgan fingerprint density at radius 1 is 1.04 bits per heavy atom. The summed E-state index contributed by atoms with van der Waals surface area (Å²) in [5.41, 5.74) is 0.284. The maximum atomic E-state index is 12.3. The summed E-state index contributed by atoms with van der Waals surface area (Å²) < 4.78 is 6.76.